The summed E-state index contributed by atoms with van der Waals surface area (Å²) in [6.45, 7) is 8.90. The zero-order valence-corrected chi connectivity index (χ0v) is 19.6. The molecule has 0 radical (unpaired) electrons. The van der Waals surface area contributed by atoms with E-state index in [-0.39, 0.29) is 6.10 Å². The van der Waals surface area contributed by atoms with Crippen molar-refractivity contribution in [2.45, 2.75) is 25.5 Å². The van der Waals surface area contributed by atoms with Crippen LogP contribution < -0.4 is 14.4 Å². The SMILES string of the molecule is COc1nc(N2CCN(C3COC3)CC2)cc(-n2ncc3cc(C)c(OC4CCOC4)cc32)n1. The minimum absolute atomic E-state index is 0.0865. The Morgan fingerprint density at radius 3 is 2.50 bits per heavy atom. The molecule has 1 aromatic carbocycles. The fourth-order valence-corrected chi connectivity index (χ4v) is 4.78. The predicted molar refractivity (Wildman–Crippen MR) is 126 cm³/mol. The van der Waals surface area contributed by atoms with Crippen LogP contribution in [-0.4, -0.2) is 96.5 Å². The van der Waals surface area contributed by atoms with E-state index in [9.17, 15) is 0 Å². The Morgan fingerprint density at radius 1 is 0.971 bits per heavy atom. The van der Waals surface area contributed by atoms with Gasteiger partial charge in [0.2, 0.25) is 0 Å². The van der Waals surface area contributed by atoms with Gasteiger partial charge in [0.25, 0.3) is 0 Å². The summed E-state index contributed by atoms with van der Waals surface area (Å²) >= 11 is 0. The van der Waals surface area contributed by atoms with E-state index >= 15 is 0 Å². The Kier molecular flexibility index (Phi) is 5.72. The molecule has 10 nitrogen and oxygen atoms in total. The molecule has 1 unspecified atom stereocenters. The van der Waals surface area contributed by atoms with E-state index in [0.717, 1.165) is 80.5 Å². The van der Waals surface area contributed by atoms with Gasteiger partial charge in [0.1, 0.15) is 17.7 Å². The van der Waals surface area contributed by atoms with E-state index in [4.69, 9.17) is 18.9 Å². The average Bonchev–Trinajstić information content (AvgIpc) is 3.48. The highest BCUT2D eigenvalue weighted by Gasteiger charge is 2.29. The standard InChI is InChI=1S/C24H30N6O4/c1-16-9-17-12-25-30(20(17)10-21(16)34-19-3-8-32-15-19)23-11-22(26-24(27-23)31-2)29-6-4-28(5-7-29)18-13-33-14-18/h9-12,18-19H,3-8,13-15H2,1-2H3. The number of anilines is 1. The zero-order valence-electron chi connectivity index (χ0n) is 19.6. The molecule has 5 heterocycles. The molecule has 2 aromatic heterocycles. The molecule has 34 heavy (non-hydrogen) atoms. The first kappa shape index (κ1) is 21.6. The molecule has 6 rings (SSSR count). The zero-order chi connectivity index (χ0) is 23.1. The molecule has 3 aliphatic heterocycles. The van der Waals surface area contributed by atoms with Crippen LogP contribution in [0.25, 0.3) is 16.7 Å². The molecule has 0 N–H and O–H groups in total. The molecule has 0 amide bonds. The van der Waals surface area contributed by atoms with Crippen LogP contribution in [0.2, 0.25) is 0 Å². The van der Waals surface area contributed by atoms with E-state index in [1.54, 1.807) is 7.11 Å². The third-order valence-corrected chi connectivity index (χ3v) is 6.90. The van der Waals surface area contributed by atoms with Gasteiger partial charge in [-0.25, -0.2) is 4.68 Å². The first-order valence-electron chi connectivity index (χ1n) is 11.9. The van der Waals surface area contributed by atoms with Gasteiger partial charge in [-0.05, 0) is 18.6 Å². The monoisotopic (exact) mass is 466 g/mol. The van der Waals surface area contributed by atoms with Crippen molar-refractivity contribution >= 4 is 16.7 Å². The molecule has 0 spiro atoms. The molecule has 3 aromatic rings. The quantitative estimate of drug-likeness (QED) is 0.540. The number of methoxy groups -OCH3 is 1. The number of rotatable bonds is 6. The lowest BCUT2D eigenvalue weighted by Gasteiger charge is -2.42. The van der Waals surface area contributed by atoms with Crippen molar-refractivity contribution < 1.29 is 18.9 Å². The molecular weight excluding hydrogens is 436 g/mol. The number of benzene rings is 1. The third kappa shape index (κ3) is 4.06. The molecule has 3 aliphatic rings. The van der Waals surface area contributed by atoms with Crippen LogP contribution in [0.3, 0.4) is 0 Å². The molecule has 3 saturated heterocycles. The normalized spacial score (nSPS) is 21.7. The molecule has 10 heteroatoms. The van der Waals surface area contributed by atoms with Gasteiger partial charge in [-0.1, -0.05) is 0 Å². The lowest BCUT2D eigenvalue weighted by atomic mass is 10.1. The Hall–Kier alpha value is -2.95. The fourth-order valence-electron chi connectivity index (χ4n) is 4.78. The summed E-state index contributed by atoms with van der Waals surface area (Å²) in [6.07, 6.45) is 2.85. The summed E-state index contributed by atoms with van der Waals surface area (Å²) < 4.78 is 24.4. The Morgan fingerprint density at radius 2 is 1.79 bits per heavy atom. The molecular formula is C24H30N6O4. The number of nitrogens with zero attached hydrogens (tertiary/aromatic N) is 6. The number of aryl methyl sites for hydroxylation is 1. The van der Waals surface area contributed by atoms with E-state index in [0.29, 0.717) is 24.5 Å². The van der Waals surface area contributed by atoms with Gasteiger partial charge in [0.15, 0.2) is 5.82 Å². The largest absolute Gasteiger partial charge is 0.488 e. The second-order valence-electron chi connectivity index (χ2n) is 9.12. The van der Waals surface area contributed by atoms with Crippen molar-refractivity contribution in [3.05, 3.63) is 30.0 Å². The number of piperazine rings is 1. The molecule has 3 fully saturated rings. The molecule has 1 atom stereocenters. The van der Waals surface area contributed by atoms with Crippen molar-refractivity contribution in [2.24, 2.45) is 0 Å². The Balaban J connectivity index is 1.30. The van der Waals surface area contributed by atoms with Gasteiger partial charge in [-0.2, -0.15) is 15.1 Å². The Bertz CT molecular complexity index is 1170. The van der Waals surface area contributed by atoms with Crippen molar-refractivity contribution in [1.29, 1.82) is 0 Å². The van der Waals surface area contributed by atoms with Crippen molar-refractivity contribution in [3.63, 3.8) is 0 Å². The molecule has 0 bridgehead atoms. The van der Waals surface area contributed by atoms with E-state index < -0.39 is 0 Å². The first-order chi connectivity index (χ1) is 16.7. The van der Waals surface area contributed by atoms with Crippen molar-refractivity contribution in [2.75, 3.05) is 64.6 Å². The minimum Gasteiger partial charge on any atom is -0.488 e. The fraction of sp³-hybridized carbons (Fsp3) is 0.542. The van der Waals surface area contributed by atoms with Crippen LogP contribution in [0.4, 0.5) is 5.82 Å². The van der Waals surface area contributed by atoms with Gasteiger partial charge < -0.3 is 23.8 Å². The topological polar surface area (TPSA) is 87.0 Å². The second-order valence-corrected chi connectivity index (χ2v) is 9.12. The molecule has 0 saturated carbocycles. The van der Waals surface area contributed by atoms with E-state index in [1.165, 1.54) is 0 Å². The van der Waals surface area contributed by atoms with Crippen LogP contribution in [0.15, 0.2) is 24.4 Å². The van der Waals surface area contributed by atoms with Crippen LogP contribution in [0, 0.1) is 6.92 Å². The highest BCUT2D eigenvalue weighted by Crippen LogP contribution is 2.30. The summed E-state index contributed by atoms with van der Waals surface area (Å²) in [5.41, 5.74) is 2.01. The summed E-state index contributed by atoms with van der Waals surface area (Å²) in [5.74, 6) is 2.37. The highest BCUT2D eigenvalue weighted by molar-refractivity contribution is 5.83. The van der Waals surface area contributed by atoms with E-state index in [2.05, 4.69) is 37.9 Å². The van der Waals surface area contributed by atoms with Gasteiger partial charge >= 0.3 is 6.01 Å². The summed E-state index contributed by atoms with van der Waals surface area (Å²) in [5, 5.41) is 5.68. The lowest BCUT2D eigenvalue weighted by molar-refractivity contribution is -0.0661. The number of ether oxygens (including phenoxy) is 4. The minimum atomic E-state index is 0.0865. The number of hydrogen-bond acceptors (Lipinski definition) is 9. The first-order valence-corrected chi connectivity index (χ1v) is 11.9. The summed E-state index contributed by atoms with van der Waals surface area (Å²) in [6, 6.07) is 7.03. The molecule has 180 valence electrons. The maximum atomic E-state index is 6.24. The maximum absolute atomic E-state index is 6.24. The summed E-state index contributed by atoms with van der Waals surface area (Å²) in [7, 11) is 1.59. The number of hydrogen-bond donors (Lipinski definition) is 0. The van der Waals surface area contributed by atoms with Gasteiger partial charge in [0.05, 0.1) is 51.3 Å². The van der Waals surface area contributed by atoms with Crippen molar-refractivity contribution in [1.82, 2.24) is 24.6 Å². The third-order valence-electron chi connectivity index (χ3n) is 6.90. The van der Waals surface area contributed by atoms with Crippen LogP contribution >= 0.6 is 0 Å². The van der Waals surface area contributed by atoms with Gasteiger partial charge in [-0.3, -0.25) is 4.90 Å². The predicted octanol–water partition coefficient (Wildman–Crippen LogP) is 1.82. The number of fused-ring (bicyclic) bond motifs is 1. The van der Waals surface area contributed by atoms with Gasteiger partial charge in [-0.15, -0.1) is 0 Å². The maximum Gasteiger partial charge on any atom is 0.320 e. The molecule has 0 aliphatic carbocycles. The number of aromatic nitrogens is 4. The second kappa shape index (κ2) is 9.01. The van der Waals surface area contributed by atoms with Crippen molar-refractivity contribution in [3.8, 4) is 17.6 Å². The summed E-state index contributed by atoms with van der Waals surface area (Å²) in [4.78, 5) is 14.0. The lowest BCUT2D eigenvalue weighted by Crippen LogP contribution is -2.56. The Labute approximate surface area is 198 Å². The van der Waals surface area contributed by atoms with Crippen LogP contribution in [0.1, 0.15) is 12.0 Å². The smallest absolute Gasteiger partial charge is 0.320 e. The highest BCUT2D eigenvalue weighted by atomic mass is 16.5. The average molecular weight is 467 g/mol. The van der Waals surface area contributed by atoms with Crippen LogP contribution in [0.5, 0.6) is 11.8 Å². The van der Waals surface area contributed by atoms with Gasteiger partial charge in [0, 0.05) is 50.1 Å². The van der Waals surface area contributed by atoms with E-state index in [1.807, 2.05) is 23.0 Å². The van der Waals surface area contributed by atoms with Crippen LogP contribution in [-0.2, 0) is 9.47 Å².